The summed E-state index contributed by atoms with van der Waals surface area (Å²) in [4.78, 5) is 30.8. The third-order valence-corrected chi connectivity index (χ3v) is 6.09. The van der Waals surface area contributed by atoms with Crippen molar-refractivity contribution in [3.8, 4) is 5.75 Å². The monoisotopic (exact) mass is 443 g/mol. The number of rotatable bonds is 6. The Kier molecular flexibility index (Phi) is 6.22. The highest BCUT2D eigenvalue weighted by molar-refractivity contribution is 7.17. The summed E-state index contributed by atoms with van der Waals surface area (Å²) in [6, 6.07) is 9.01. The highest BCUT2D eigenvalue weighted by atomic mass is 32.1. The molecule has 0 radical (unpaired) electrons. The minimum Gasteiger partial charge on any atom is -0.435 e. The van der Waals surface area contributed by atoms with Crippen LogP contribution in [0.25, 0.3) is 0 Å². The molecule has 6 nitrogen and oxygen atoms in total. The summed E-state index contributed by atoms with van der Waals surface area (Å²) in [5, 5.41) is 6.14. The molecule has 31 heavy (non-hydrogen) atoms. The molecule has 0 fully saturated rings. The van der Waals surface area contributed by atoms with Gasteiger partial charge in [0.25, 0.3) is 11.8 Å². The number of pyridine rings is 1. The minimum absolute atomic E-state index is 0.00494. The molecule has 160 valence electrons. The van der Waals surface area contributed by atoms with Crippen LogP contribution >= 0.6 is 11.3 Å². The molecule has 0 aliphatic heterocycles. The number of thiophene rings is 1. The first-order valence-electron chi connectivity index (χ1n) is 9.73. The molecule has 2 aromatic heterocycles. The van der Waals surface area contributed by atoms with Crippen LogP contribution < -0.4 is 15.4 Å². The molecule has 3 aromatic rings. The quantitative estimate of drug-likeness (QED) is 0.554. The molecule has 4 rings (SSSR count). The molecular weight excluding hydrogens is 424 g/mol. The Bertz CT molecular complexity index is 1090. The fourth-order valence-corrected chi connectivity index (χ4v) is 4.76. The van der Waals surface area contributed by atoms with E-state index >= 15 is 0 Å². The minimum atomic E-state index is -2.91. The number of fused-ring (bicyclic) bond motifs is 1. The molecule has 1 aromatic carbocycles. The molecule has 2 N–H and O–H groups in total. The van der Waals surface area contributed by atoms with Crippen molar-refractivity contribution in [2.24, 2.45) is 0 Å². The first-order valence-corrected chi connectivity index (χ1v) is 10.5. The SMILES string of the molecule is O=C(Nc1sc2c(c1C(=O)Nc1ccc(OC(F)F)cc1)CCCC2)c1cccnc1. The van der Waals surface area contributed by atoms with Crippen LogP contribution in [-0.4, -0.2) is 23.4 Å². The number of amides is 2. The maximum absolute atomic E-state index is 13.1. The molecule has 0 atom stereocenters. The van der Waals surface area contributed by atoms with Gasteiger partial charge < -0.3 is 15.4 Å². The molecule has 0 saturated heterocycles. The van der Waals surface area contributed by atoms with Gasteiger partial charge in [-0.05, 0) is 67.6 Å². The normalized spacial score (nSPS) is 12.9. The summed E-state index contributed by atoms with van der Waals surface area (Å²) in [5.41, 5.74) is 2.24. The average molecular weight is 443 g/mol. The van der Waals surface area contributed by atoms with Gasteiger partial charge in [0.15, 0.2) is 0 Å². The van der Waals surface area contributed by atoms with Gasteiger partial charge in [-0.3, -0.25) is 14.6 Å². The van der Waals surface area contributed by atoms with Gasteiger partial charge in [0.2, 0.25) is 0 Å². The fourth-order valence-electron chi connectivity index (χ4n) is 3.48. The molecule has 1 aliphatic rings. The molecule has 1 aliphatic carbocycles. The third-order valence-electron chi connectivity index (χ3n) is 4.89. The van der Waals surface area contributed by atoms with Crippen LogP contribution in [0.2, 0.25) is 0 Å². The number of halogens is 2. The highest BCUT2D eigenvalue weighted by Gasteiger charge is 2.26. The summed E-state index contributed by atoms with van der Waals surface area (Å²) in [5.74, 6) is -0.692. The predicted octanol–water partition coefficient (Wildman–Crippen LogP) is 5.13. The molecule has 2 amide bonds. The van der Waals surface area contributed by atoms with E-state index in [4.69, 9.17) is 0 Å². The van der Waals surface area contributed by atoms with Gasteiger partial charge in [-0.1, -0.05) is 0 Å². The Balaban J connectivity index is 1.58. The number of hydrogen-bond donors (Lipinski definition) is 2. The van der Waals surface area contributed by atoms with Gasteiger partial charge in [-0.25, -0.2) is 0 Å². The number of aromatic nitrogens is 1. The van der Waals surface area contributed by atoms with Gasteiger partial charge >= 0.3 is 6.61 Å². The standard InChI is InChI=1S/C22H19F2N3O3S/c23-22(24)30-15-9-7-14(8-10-15)26-20(29)18-16-5-1-2-6-17(16)31-21(18)27-19(28)13-4-3-11-25-12-13/h3-4,7-12,22H,1-2,5-6H2,(H,26,29)(H,27,28). The lowest BCUT2D eigenvalue weighted by atomic mass is 9.95. The molecule has 0 bridgehead atoms. The zero-order valence-corrected chi connectivity index (χ0v) is 17.2. The fraction of sp³-hybridized carbons (Fsp3) is 0.227. The Morgan fingerprint density at radius 3 is 2.52 bits per heavy atom. The Morgan fingerprint density at radius 2 is 1.81 bits per heavy atom. The summed E-state index contributed by atoms with van der Waals surface area (Å²) < 4.78 is 29.0. The number of hydrogen-bond acceptors (Lipinski definition) is 5. The second-order valence-corrected chi connectivity index (χ2v) is 8.07. The van der Waals surface area contributed by atoms with Crippen LogP contribution in [0.1, 0.15) is 44.0 Å². The highest BCUT2D eigenvalue weighted by Crippen LogP contribution is 2.38. The second kappa shape index (κ2) is 9.22. The second-order valence-electron chi connectivity index (χ2n) is 6.97. The number of aryl methyl sites for hydroxylation is 1. The van der Waals surface area contributed by atoms with Crippen molar-refractivity contribution in [2.45, 2.75) is 32.3 Å². The van der Waals surface area contributed by atoms with Crippen molar-refractivity contribution in [2.75, 3.05) is 10.6 Å². The first-order chi connectivity index (χ1) is 15.0. The average Bonchev–Trinajstić information content (AvgIpc) is 3.13. The smallest absolute Gasteiger partial charge is 0.387 e. The van der Waals surface area contributed by atoms with E-state index < -0.39 is 6.61 Å². The number of nitrogens with one attached hydrogen (secondary N) is 2. The predicted molar refractivity (Wildman–Crippen MR) is 114 cm³/mol. The number of carbonyl (C=O) groups excluding carboxylic acids is 2. The van der Waals surface area contributed by atoms with Crippen molar-refractivity contribution >= 4 is 33.8 Å². The molecular formula is C22H19F2N3O3S. The van der Waals surface area contributed by atoms with Gasteiger partial charge in [-0.15, -0.1) is 11.3 Å². The van der Waals surface area contributed by atoms with Crippen molar-refractivity contribution < 1.29 is 23.1 Å². The summed E-state index contributed by atoms with van der Waals surface area (Å²) in [6.07, 6.45) is 6.68. The van der Waals surface area contributed by atoms with Crippen LogP contribution in [0.3, 0.4) is 0 Å². The van der Waals surface area contributed by atoms with E-state index in [-0.39, 0.29) is 17.6 Å². The Hall–Kier alpha value is -3.33. The lowest BCUT2D eigenvalue weighted by Gasteiger charge is -2.13. The van der Waals surface area contributed by atoms with E-state index in [9.17, 15) is 18.4 Å². The zero-order valence-electron chi connectivity index (χ0n) is 16.4. The first kappa shape index (κ1) is 20.9. The van der Waals surface area contributed by atoms with E-state index in [0.717, 1.165) is 36.1 Å². The Morgan fingerprint density at radius 1 is 1.03 bits per heavy atom. The largest absolute Gasteiger partial charge is 0.435 e. The summed E-state index contributed by atoms with van der Waals surface area (Å²) in [6.45, 7) is -2.91. The van der Waals surface area contributed by atoms with Crippen LogP contribution in [0.15, 0.2) is 48.8 Å². The van der Waals surface area contributed by atoms with Crippen molar-refractivity contribution in [3.05, 3.63) is 70.4 Å². The van der Waals surface area contributed by atoms with Crippen molar-refractivity contribution in [1.82, 2.24) is 4.98 Å². The van der Waals surface area contributed by atoms with Gasteiger partial charge in [0.1, 0.15) is 10.8 Å². The molecule has 0 spiro atoms. The van der Waals surface area contributed by atoms with Crippen LogP contribution in [0.5, 0.6) is 5.75 Å². The van der Waals surface area contributed by atoms with Crippen LogP contribution in [-0.2, 0) is 12.8 Å². The van der Waals surface area contributed by atoms with Gasteiger partial charge in [0.05, 0.1) is 11.1 Å². The van der Waals surface area contributed by atoms with Crippen LogP contribution in [0.4, 0.5) is 19.5 Å². The summed E-state index contributed by atoms with van der Waals surface area (Å²) >= 11 is 1.42. The van der Waals surface area contributed by atoms with Crippen LogP contribution in [0, 0.1) is 0 Å². The number of anilines is 2. The third kappa shape index (κ3) is 4.88. The number of benzene rings is 1. The molecule has 9 heteroatoms. The van der Waals surface area contributed by atoms with E-state index in [1.165, 1.54) is 41.8 Å². The molecule has 2 heterocycles. The zero-order chi connectivity index (χ0) is 21.8. The number of alkyl halides is 2. The summed E-state index contributed by atoms with van der Waals surface area (Å²) in [7, 11) is 0. The maximum atomic E-state index is 13.1. The van der Waals surface area contributed by atoms with Crippen molar-refractivity contribution in [3.63, 3.8) is 0 Å². The molecule has 0 saturated carbocycles. The van der Waals surface area contributed by atoms with Crippen molar-refractivity contribution in [1.29, 1.82) is 0 Å². The maximum Gasteiger partial charge on any atom is 0.387 e. The topological polar surface area (TPSA) is 80.3 Å². The van der Waals surface area contributed by atoms with Gasteiger partial charge in [0, 0.05) is 23.0 Å². The van der Waals surface area contributed by atoms with Gasteiger partial charge in [-0.2, -0.15) is 8.78 Å². The number of ether oxygens (including phenoxy) is 1. The van der Waals surface area contributed by atoms with E-state index in [1.54, 1.807) is 18.3 Å². The lowest BCUT2D eigenvalue weighted by molar-refractivity contribution is -0.0498. The molecule has 0 unspecified atom stereocenters. The van der Waals surface area contributed by atoms with E-state index in [2.05, 4.69) is 20.4 Å². The van der Waals surface area contributed by atoms with E-state index in [0.29, 0.717) is 21.8 Å². The lowest BCUT2D eigenvalue weighted by Crippen LogP contribution is -2.18. The van der Waals surface area contributed by atoms with E-state index in [1.807, 2.05) is 0 Å². The number of nitrogens with zero attached hydrogens (tertiary/aromatic N) is 1. The number of carbonyl (C=O) groups is 2. The Labute approximate surface area is 181 Å².